The number of amides is 5. The Balaban J connectivity index is 2.61. The first-order chi connectivity index (χ1) is 7.49. The van der Waals surface area contributed by atoms with E-state index in [-0.39, 0.29) is 13.2 Å². The maximum absolute atomic E-state index is 11.3. The Labute approximate surface area is 90.8 Å². The first-order valence-corrected chi connectivity index (χ1v) is 4.50. The molecule has 0 aromatic rings. The molecule has 0 saturated carbocycles. The average molecular weight is 229 g/mol. The van der Waals surface area contributed by atoms with E-state index in [1.54, 1.807) is 0 Å². The van der Waals surface area contributed by atoms with Gasteiger partial charge in [-0.2, -0.15) is 0 Å². The van der Waals surface area contributed by atoms with Crippen molar-refractivity contribution < 1.29 is 24.3 Å². The minimum absolute atomic E-state index is 0.0266. The van der Waals surface area contributed by atoms with Crippen LogP contribution in [0, 0.1) is 0 Å². The molecule has 0 aliphatic carbocycles. The molecule has 88 valence electrons. The van der Waals surface area contributed by atoms with E-state index in [0.29, 0.717) is 9.80 Å². The Morgan fingerprint density at radius 3 is 2.38 bits per heavy atom. The van der Waals surface area contributed by atoms with Crippen molar-refractivity contribution >= 4 is 23.8 Å². The van der Waals surface area contributed by atoms with Gasteiger partial charge in [-0.1, -0.05) is 0 Å². The Kier molecular flexibility index (Phi) is 3.56. The Morgan fingerprint density at radius 1 is 1.31 bits per heavy atom. The molecule has 5 amide bonds. The molecule has 1 rings (SSSR count). The summed E-state index contributed by atoms with van der Waals surface area (Å²) in [6.45, 7) is -0.737. The molecule has 0 unspecified atom stereocenters. The van der Waals surface area contributed by atoms with Gasteiger partial charge in [0.1, 0.15) is 6.54 Å². The molecule has 8 heteroatoms. The van der Waals surface area contributed by atoms with Crippen LogP contribution in [0.5, 0.6) is 0 Å². The molecule has 0 atom stereocenters. The molecule has 1 heterocycles. The molecular weight excluding hydrogens is 218 g/mol. The van der Waals surface area contributed by atoms with Crippen molar-refractivity contribution in [3.05, 3.63) is 0 Å². The van der Waals surface area contributed by atoms with Crippen LogP contribution in [0.4, 0.5) is 4.79 Å². The zero-order valence-electron chi connectivity index (χ0n) is 8.60. The van der Waals surface area contributed by atoms with E-state index in [2.05, 4.69) is 5.32 Å². The lowest BCUT2D eigenvalue weighted by atomic mass is 10.4. The number of carbonyl (C=O) groups excluding carboxylic acids is 4. The predicted octanol–water partition coefficient (Wildman–Crippen LogP) is -2.48. The Hall–Kier alpha value is -1.96. The molecule has 1 aliphatic heterocycles. The lowest BCUT2D eigenvalue weighted by Gasteiger charge is -2.12. The minimum atomic E-state index is -1.02. The topological polar surface area (TPSA) is 107 Å². The van der Waals surface area contributed by atoms with Crippen molar-refractivity contribution in [2.24, 2.45) is 0 Å². The van der Waals surface area contributed by atoms with Gasteiger partial charge in [-0.25, -0.2) is 9.69 Å². The second kappa shape index (κ2) is 4.71. The monoisotopic (exact) mass is 229 g/mol. The van der Waals surface area contributed by atoms with Crippen molar-refractivity contribution in [1.82, 2.24) is 15.1 Å². The van der Waals surface area contributed by atoms with Crippen LogP contribution in [0.25, 0.3) is 0 Å². The van der Waals surface area contributed by atoms with Gasteiger partial charge in [0.2, 0.25) is 5.91 Å². The van der Waals surface area contributed by atoms with Gasteiger partial charge in [0.15, 0.2) is 0 Å². The van der Waals surface area contributed by atoms with E-state index < -0.39 is 30.3 Å². The summed E-state index contributed by atoms with van der Waals surface area (Å²) in [5.41, 5.74) is 0. The number of imide groups is 2. The molecule has 8 nitrogen and oxygen atoms in total. The Bertz CT molecular complexity index is 354. The lowest BCUT2D eigenvalue weighted by Crippen LogP contribution is -2.41. The second-order valence-corrected chi connectivity index (χ2v) is 3.11. The zero-order chi connectivity index (χ0) is 12.3. The van der Waals surface area contributed by atoms with Gasteiger partial charge in [0.05, 0.1) is 6.61 Å². The van der Waals surface area contributed by atoms with Gasteiger partial charge in [-0.15, -0.1) is 0 Å². The fraction of sp³-hybridized carbons (Fsp3) is 0.500. The highest BCUT2D eigenvalue weighted by Gasteiger charge is 2.42. The van der Waals surface area contributed by atoms with Crippen molar-refractivity contribution in [3.63, 3.8) is 0 Å². The number of hydrogen-bond acceptors (Lipinski definition) is 5. The molecule has 1 aliphatic rings. The number of nitrogens with one attached hydrogen (secondary N) is 1. The third kappa shape index (κ3) is 2.16. The quantitative estimate of drug-likeness (QED) is 0.410. The van der Waals surface area contributed by atoms with Gasteiger partial charge in [-0.3, -0.25) is 19.3 Å². The fourth-order valence-electron chi connectivity index (χ4n) is 1.15. The highest BCUT2D eigenvalue weighted by atomic mass is 16.3. The van der Waals surface area contributed by atoms with Gasteiger partial charge in [-0.05, 0) is 0 Å². The maximum atomic E-state index is 11.3. The third-order valence-electron chi connectivity index (χ3n) is 1.99. The van der Waals surface area contributed by atoms with E-state index in [0.717, 1.165) is 7.05 Å². The van der Waals surface area contributed by atoms with Crippen LogP contribution in [-0.4, -0.2) is 65.4 Å². The minimum Gasteiger partial charge on any atom is -0.395 e. The normalized spacial score (nSPS) is 16.0. The summed E-state index contributed by atoms with van der Waals surface area (Å²) in [5.74, 6) is -2.59. The summed E-state index contributed by atoms with van der Waals surface area (Å²) >= 11 is 0. The molecule has 0 bridgehead atoms. The van der Waals surface area contributed by atoms with Crippen LogP contribution >= 0.6 is 0 Å². The molecule has 0 aromatic heterocycles. The summed E-state index contributed by atoms with van der Waals surface area (Å²) < 4.78 is 0. The number of carbonyl (C=O) groups is 4. The zero-order valence-corrected chi connectivity index (χ0v) is 8.60. The van der Waals surface area contributed by atoms with E-state index in [9.17, 15) is 19.2 Å². The number of hydrogen-bond donors (Lipinski definition) is 2. The van der Waals surface area contributed by atoms with Crippen molar-refractivity contribution in [2.75, 3.05) is 26.7 Å². The largest absolute Gasteiger partial charge is 0.395 e. The van der Waals surface area contributed by atoms with Crippen LogP contribution < -0.4 is 5.32 Å². The molecule has 0 aromatic carbocycles. The first kappa shape index (κ1) is 12.1. The van der Waals surface area contributed by atoms with Gasteiger partial charge >= 0.3 is 17.8 Å². The van der Waals surface area contributed by atoms with E-state index in [1.807, 2.05) is 0 Å². The lowest BCUT2D eigenvalue weighted by molar-refractivity contribution is -0.143. The summed E-state index contributed by atoms with van der Waals surface area (Å²) in [5, 5.41) is 10.7. The number of urea groups is 1. The van der Waals surface area contributed by atoms with Crippen LogP contribution in [0.2, 0.25) is 0 Å². The maximum Gasteiger partial charge on any atom is 0.334 e. The van der Waals surface area contributed by atoms with Gasteiger partial charge < -0.3 is 10.4 Å². The molecule has 16 heavy (non-hydrogen) atoms. The first-order valence-electron chi connectivity index (χ1n) is 4.50. The van der Waals surface area contributed by atoms with E-state index >= 15 is 0 Å². The molecule has 1 saturated heterocycles. The molecular formula is C8H11N3O5. The van der Waals surface area contributed by atoms with E-state index in [1.165, 1.54) is 0 Å². The number of aliphatic hydroxyl groups is 1. The standard InChI is InChI=1S/C8H11N3O5/c1-10-6(14)7(15)11(8(10)16)4-5(13)9-2-3-12/h12H,2-4H2,1H3,(H,9,13). The number of aliphatic hydroxyl groups excluding tert-OH is 1. The van der Waals surface area contributed by atoms with Crippen LogP contribution in [-0.2, 0) is 14.4 Å². The van der Waals surface area contributed by atoms with Crippen LogP contribution in [0.1, 0.15) is 0 Å². The van der Waals surface area contributed by atoms with Crippen LogP contribution in [0.3, 0.4) is 0 Å². The summed E-state index contributed by atoms with van der Waals surface area (Å²) in [6.07, 6.45) is 0. The molecule has 1 fully saturated rings. The van der Waals surface area contributed by atoms with Crippen molar-refractivity contribution in [3.8, 4) is 0 Å². The van der Waals surface area contributed by atoms with Gasteiger partial charge in [0.25, 0.3) is 0 Å². The van der Waals surface area contributed by atoms with E-state index in [4.69, 9.17) is 5.11 Å². The summed E-state index contributed by atoms with van der Waals surface area (Å²) in [4.78, 5) is 46.0. The predicted molar refractivity (Wildman–Crippen MR) is 50.0 cm³/mol. The Morgan fingerprint density at radius 2 is 1.94 bits per heavy atom. The summed E-state index contributed by atoms with van der Waals surface area (Å²) in [6, 6.07) is -0.825. The molecule has 0 radical (unpaired) electrons. The number of rotatable bonds is 4. The SMILES string of the molecule is CN1C(=O)C(=O)N(CC(=O)NCCO)C1=O. The highest BCUT2D eigenvalue weighted by molar-refractivity contribution is 6.44. The molecule has 0 spiro atoms. The van der Waals surface area contributed by atoms with Crippen LogP contribution in [0.15, 0.2) is 0 Å². The van der Waals surface area contributed by atoms with Crippen molar-refractivity contribution in [1.29, 1.82) is 0 Å². The number of nitrogens with zero attached hydrogens (tertiary/aromatic N) is 2. The number of likely N-dealkylation sites (N-methyl/N-ethyl adjacent to an activating group) is 1. The van der Waals surface area contributed by atoms with Crippen molar-refractivity contribution in [2.45, 2.75) is 0 Å². The highest BCUT2D eigenvalue weighted by Crippen LogP contribution is 2.08. The van der Waals surface area contributed by atoms with Gasteiger partial charge in [0, 0.05) is 13.6 Å². The third-order valence-corrected chi connectivity index (χ3v) is 1.99. The fourth-order valence-corrected chi connectivity index (χ4v) is 1.15. The second-order valence-electron chi connectivity index (χ2n) is 3.11. The average Bonchev–Trinajstić information content (AvgIpc) is 2.44. The smallest absolute Gasteiger partial charge is 0.334 e. The molecule has 2 N–H and O–H groups in total. The summed E-state index contributed by atoms with van der Waals surface area (Å²) in [7, 11) is 1.16.